The largest absolute Gasteiger partial charge is 0.573 e. The third-order valence-electron chi connectivity index (χ3n) is 4.55. The molecule has 1 atom stereocenters. The van der Waals surface area contributed by atoms with Gasteiger partial charge in [-0.05, 0) is 41.0 Å². The second kappa shape index (κ2) is 7.78. The SMILES string of the molecule is Fc1cccc(F)c1C1=NC(c2ccccc2-c2ccc(OC(F)(F)F)cc2)CO1. The molecule has 0 saturated heterocycles. The molecule has 0 radical (unpaired) electrons. The van der Waals surface area contributed by atoms with Gasteiger partial charge in [-0.2, -0.15) is 0 Å². The fourth-order valence-corrected chi connectivity index (χ4v) is 3.26. The van der Waals surface area contributed by atoms with Crippen LogP contribution >= 0.6 is 0 Å². The number of aliphatic imine (C=N–C) groups is 1. The van der Waals surface area contributed by atoms with Crippen molar-refractivity contribution in [1.82, 2.24) is 0 Å². The third kappa shape index (κ3) is 4.12. The van der Waals surface area contributed by atoms with Gasteiger partial charge < -0.3 is 9.47 Å². The number of hydrogen-bond donors (Lipinski definition) is 0. The maximum atomic E-state index is 14.0. The van der Waals surface area contributed by atoms with Crippen molar-refractivity contribution in [3.8, 4) is 16.9 Å². The maximum Gasteiger partial charge on any atom is 0.573 e. The Morgan fingerprint density at radius 2 is 1.53 bits per heavy atom. The highest BCUT2D eigenvalue weighted by Crippen LogP contribution is 2.35. The van der Waals surface area contributed by atoms with Crippen LogP contribution < -0.4 is 4.74 Å². The van der Waals surface area contributed by atoms with Crippen LogP contribution in [-0.2, 0) is 4.74 Å². The standard InChI is InChI=1S/C22H14F5NO2/c23-17-6-3-7-18(24)20(17)21-28-19(12-29-21)16-5-2-1-4-15(16)13-8-10-14(11-9-13)30-22(25,26)27/h1-11,19H,12H2. The molecule has 3 nitrogen and oxygen atoms in total. The molecule has 0 spiro atoms. The van der Waals surface area contributed by atoms with Gasteiger partial charge in [-0.3, -0.25) is 0 Å². The predicted molar refractivity (Wildman–Crippen MR) is 100 cm³/mol. The Kier molecular flexibility index (Phi) is 5.15. The van der Waals surface area contributed by atoms with Gasteiger partial charge >= 0.3 is 6.36 Å². The van der Waals surface area contributed by atoms with E-state index >= 15 is 0 Å². The van der Waals surface area contributed by atoms with Crippen LogP contribution in [0.2, 0.25) is 0 Å². The first-order valence-corrected chi connectivity index (χ1v) is 8.92. The van der Waals surface area contributed by atoms with Crippen molar-refractivity contribution < 1.29 is 31.4 Å². The van der Waals surface area contributed by atoms with Crippen LogP contribution in [-0.4, -0.2) is 18.9 Å². The van der Waals surface area contributed by atoms with Crippen LogP contribution in [0.3, 0.4) is 0 Å². The molecular weight excluding hydrogens is 405 g/mol. The first kappa shape index (κ1) is 19.9. The Balaban J connectivity index is 1.65. The van der Waals surface area contributed by atoms with Crippen LogP contribution in [0.25, 0.3) is 11.1 Å². The van der Waals surface area contributed by atoms with E-state index in [9.17, 15) is 22.0 Å². The highest BCUT2D eigenvalue weighted by molar-refractivity contribution is 5.96. The van der Waals surface area contributed by atoms with Crippen molar-refractivity contribution >= 4 is 5.90 Å². The Labute approximate surface area is 168 Å². The fraction of sp³-hybridized carbons (Fsp3) is 0.136. The number of rotatable bonds is 4. The zero-order chi connectivity index (χ0) is 21.3. The van der Waals surface area contributed by atoms with E-state index in [-0.39, 0.29) is 23.8 Å². The van der Waals surface area contributed by atoms with Gasteiger partial charge in [0.1, 0.15) is 35.6 Å². The minimum absolute atomic E-state index is 0.0788. The van der Waals surface area contributed by atoms with E-state index in [0.29, 0.717) is 16.7 Å². The van der Waals surface area contributed by atoms with E-state index in [1.165, 1.54) is 30.3 Å². The smallest absolute Gasteiger partial charge is 0.475 e. The molecule has 8 heteroatoms. The van der Waals surface area contributed by atoms with E-state index in [0.717, 1.165) is 12.1 Å². The number of benzene rings is 3. The van der Waals surface area contributed by atoms with E-state index < -0.39 is 24.0 Å². The molecule has 0 aromatic heterocycles. The third-order valence-corrected chi connectivity index (χ3v) is 4.55. The van der Waals surface area contributed by atoms with Gasteiger partial charge in [0.05, 0.1) is 0 Å². The topological polar surface area (TPSA) is 30.8 Å². The second-order valence-corrected chi connectivity index (χ2v) is 6.52. The van der Waals surface area contributed by atoms with E-state index in [1.54, 1.807) is 24.3 Å². The summed E-state index contributed by atoms with van der Waals surface area (Å²) in [5, 5.41) is 0. The quantitative estimate of drug-likeness (QED) is 0.482. The summed E-state index contributed by atoms with van der Waals surface area (Å²) in [6.45, 7) is 0.0788. The molecule has 1 aliphatic heterocycles. The molecule has 0 saturated carbocycles. The molecule has 0 fully saturated rings. The molecule has 3 aromatic carbocycles. The Morgan fingerprint density at radius 3 is 2.20 bits per heavy atom. The van der Waals surface area contributed by atoms with Gasteiger partial charge in [0.2, 0.25) is 5.90 Å². The van der Waals surface area contributed by atoms with Crippen molar-refractivity contribution in [2.75, 3.05) is 6.61 Å². The highest BCUT2D eigenvalue weighted by atomic mass is 19.4. The first-order chi connectivity index (χ1) is 14.3. The van der Waals surface area contributed by atoms with Gasteiger partial charge in [0.25, 0.3) is 0 Å². The number of nitrogens with zero attached hydrogens (tertiary/aromatic N) is 1. The van der Waals surface area contributed by atoms with Crippen molar-refractivity contribution in [1.29, 1.82) is 0 Å². The molecule has 1 heterocycles. The zero-order valence-electron chi connectivity index (χ0n) is 15.3. The predicted octanol–water partition coefficient (Wildman–Crippen LogP) is 6.05. The lowest BCUT2D eigenvalue weighted by molar-refractivity contribution is -0.274. The van der Waals surface area contributed by atoms with E-state index in [1.807, 2.05) is 0 Å². The highest BCUT2D eigenvalue weighted by Gasteiger charge is 2.31. The average molecular weight is 419 g/mol. The molecule has 154 valence electrons. The molecule has 4 rings (SSSR count). The molecular formula is C22H14F5NO2. The summed E-state index contributed by atoms with van der Waals surface area (Å²) in [6, 6.07) is 15.5. The average Bonchev–Trinajstić information content (AvgIpc) is 3.17. The van der Waals surface area contributed by atoms with Crippen LogP contribution in [0, 0.1) is 11.6 Å². The minimum Gasteiger partial charge on any atom is -0.475 e. The number of ether oxygens (including phenoxy) is 2. The van der Waals surface area contributed by atoms with Gasteiger partial charge in [0, 0.05) is 0 Å². The molecule has 1 aliphatic rings. The summed E-state index contributed by atoms with van der Waals surface area (Å²) in [6.07, 6.45) is -4.77. The molecule has 0 bridgehead atoms. The molecule has 0 N–H and O–H groups in total. The number of halogens is 5. The summed E-state index contributed by atoms with van der Waals surface area (Å²) < 4.78 is 74.5. The van der Waals surface area contributed by atoms with Gasteiger partial charge in [-0.1, -0.05) is 42.5 Å². The maximum absolute atomic E-state index is 14.0. The molecule has 0 amide bonds. The van der Waals surface area contributed by atoms with Crippen molar-refractivity contribution in [3.63, 3.8) is 0 Å². The molecule has 30 heavy (non-hydrogen) atoms. The normalized spacial score (nSPS) is 16.2. The number of hydrogen-bond acceptors (Lipinski definition) is 3. The van der Waals surface area contributed by atoms with Gasteiger partial charge in [0.15, 0.2) is 0 Å². The van der Waals surface area contributed by atoms with Crippen LogP contribution in [0.5, 0.6) is 5.75 Å². The molecule has 0 aliphatic carbocycles. The van der Waals surface area contributed by atoms with Crippen molar-refractivity contribution in [2.45, 2.75) is 12.4 Å². The Hall–Kier alpha value is -3.42. The summed E-state index contributed by atoms with van der Waals surface area (Å²) in [4.78, 5) is 4.34. The van der Waals surface area contributed by atoms with E-state index in [4.69, 9.17) is 4.74 Å². The van der Waals surface area contributed by atoms with Crippen molar-refractivity contribution in [2.24, 2.45) is 4.99 Å². The van der Waals surface area contributed by atoms with Crippen LogP contribution in [0.4, 0.5) is 22.0 Å². The van der Waals surface area contributed by atoms with Crippen molar-refractivity contribution in [3.05, 3.63) is 89.5 Å². The van der Waals surface area contributed by atoms with Gasteiger partial charge in [-0.25, -0.2) is 13.8 Å². The van der Waals surface area contributed by atoms with Crippen LogP contribution in [0.15, 0.2) is 71.7 Å². The zero-order valence-corrected chi connectivity index (χ0v) is 15.3. The summed E-state index contributed by atoms with van der Waals surface area (Å²) >= 11 is 0. The van der Waals surface area contributed by atoms with Crippen LogP contribution in [0.1, 0.15) is 17.2 Å². The minimum atomic E-state index is -4.77. The monoisotopic (exact) mass is 419 g/mol. The number of alkyl halides is 3. The Morgan fingerprint density at radius 1 is 0.867 bits per heavy atom. The summed E-state index contributed by atoms with van der Waals surface area (Å²) in [5.74, 6) is -2.01. The Bertz CT molecular complexity index is 1070. The lowest BCUT2D eigenvalue weighted by Crippen LogP contribution is -2.16. The first-order valence-electron chi connectivity index (χ1n) is 8.92. The molecule has 1 unspecified atom stereocenters. The summed E-state index contributed by atoms with van der Waals surface area (Å²) in [7, 11) is 0. The lowest BCUT2D eigenvalue weighted by Gasteiger charge is -2.13. The lowest BCUT2D eigenvalue weighted by atomic mass is 9.95. The summed E-state index contributed by atoms with van der Waals surface area (Å²) in [5.41, 5.74) is 1.74. The molecule has 3 aromatic rings. The van der Waals surface area contributed by atoms with E-state index in [2.05, 4.69) is 9.73 Å². The fourth-order valence-electron chi connectivity index (χ4n) is 3.26. The second-order valence-electron chi connectivity index (χ2n) is 6.52. The van der Waals surface area contributed by atoms with Gasteiger partial charge in [-0.15, -0.1) is 13.2 Å².